The van der Waals surface area contributed by atoms with Crippen molar-refractivity contribution in [3.8, 4) is 11.5 Å². The standard InChI is InChI=1S/C8H5Cl3O2.C8H6Cl2O3.Cl2OS.ClH.O2S/c2*9-5-1-2-7(6(10)3-5)13-4-8(11)12;1-4(2)3;;1-3-2/h1-3H,4H2;1-3H,4H2,(H,11,12);;1H;. The summed E-state index contributed by atoms with van der Waals surface area (Å²) in [5.41, 5.74) is 0. The van der Waals surface area contributed by atoms with Crippen LogP contribution in [0.1, 0.15) is 0 Å². The number of halogens is 8. The Kier molecular flexibility index (Phi) is 25.6. The number of aliphatic carboxylic acids is 1. The predicted octanol–water partition coefficient (Wildman–Crippen LogP) is 6.39. The van der Waals surface area contributed by atoms with Gasteiger partial charge in [0.25, 0.3) is 5.24 Å². The Morgan fingerprint density at radius 2 is 1.18 bits per heavy atom. The van der Waals surface area contributed by atoms with Gasteiger partial charge in [-0.2, -0.15) is 8.42 Å². The minimum absolute atomic E-state index is 0. The van der Waals surface area contributed by atoms with Gasteiger partial charge in [-0.15, -0.1) is 12.4 Å². The fourth-order valence-electron chi connectivity index (χ4n) is 1.46. The van der Waals surface area contributed by atoms with Gasteiger partial charge in [0.15, 0.2) is 13.2 Å². The molecule has 0 amide bonds. The molecule has 0 aliphatic heterocycles. The fourth-order valence-corrected chi connectivity index (χ4v) is 2.44. The van der Waals surface area contributed by atoms with Gasteiger partial charge in [0, 0.05) is 31.4 Å². The molecule has 0 heterocycles. The van der Waals surface area contributed by atoms with Gasteiger partial charge in [-0.1, -0.05) is 46.4 Å². The molecule has 8 nitrogen and oxygen atoms in total. The van der Waals surface area contributed by atoms with Crippen molar-refractivity contribution in [3.63, 3.8) is 0 Å². The zero-order valence-corrected chi connectivity index (χ0v) is 23.8. The maximum Gasteiger partial charge on any atom is 0.341 e. The van der Waals surface area contributed by atoms with E-state index < -0.39 is 38.6 Å². The minimum Gasteiger partial charge on any atom is -0.483 e. The van der Waals surface area contributed by atoms with Crippen molar-refractivity contribution in [1.82, 2.24) is 0 Å². The molecule has 0 spiro atoms. The van der Waals surface area contributed by atoms with E-state index in [-0.39, 0.29) is 19.0 Å². The number of hydrogen-bond donors (Lipinski definition) is 1. The Balaban J connectivity index is -0.000000435. The largest absolute Gasteiger partial charge is 0.483 e. The topological polar surface area (TPSA) is 124 Å². The molecule has 0 unspecified atom stereocenters. The number of hydrogen-bond acceptors (Lipinski definition) is 7. The molecule has 0 fully saturated rings. The quantitative estimate of drug-likeness (QED) is 0.349. The Morgan fingerprint density at radius 3 is 1.44 bits per heavy atom. The van der Waals surface area contributed by atoms with Crippen molar-refractivity contribution in [3.05, 3.63) is 56.5 Å². The molecule has 0 aliphatic carbocycles. The molecule has 0 aromatic heterocycles. The van der Waals surface area contributed by atoms with Gasteiger partial charge in [-0.05, 0) is 48.0 Å². The van der Waals surface area contributed by atoms with Crippen LogP contribution in [0.15, 0.2) is 36.4 Å². The van der Waals surface area contributed by atoms with E-state index in [0.717, 1.165) is 0 Å². The van der Waals surface area contributed by atoms with Crippen molar-refractivity contribution in [2.75, 3.05) is 13.2 Å². The Labute approximate surface area is 240 Å². The summed E-state index contributed by atoms with van der Waals surface area (Å²) in [7, 11) is 7.36. The average molecular weight is 680 g/mol. The molecule has 0 saturated heterocycles. The van der Waals surface area contributed by atoms with Crippen molar-refractivity contribution in [1.29, 1.82) is 0 Å². The highest BCUT2D eigenvalue weighted by Gasteiger charge is 2.05. The summed E-state index contributed by atoms with van der Waals surface area (Å²) >= 11 is 27.1. The molecule has 1 N–H and O–H groups in total. The van der Waals surface area contributed by atoms with Crippen LogP contribution < -0.4 is 9.47 Å². The number of benzene rings is 2. The van der Waals surface area contributed by atoms with Gasteiger partial charge in [-0.25, -0.2) is 9.00 Å². The summed E-state index contributed by atoms with van der Waals surface area (Å²) in [5.74, 6) is -0.348. The van der Waals surface area contributed by atoms with Crippen molar-refractivity contribution in [2.45, 2.75) is 0 Å². The number of carboxylic acid groups (broad SMARTS) is 1. The molecular formula is C16H12Cl8O8S2. The molecule has 0 atom stereocenters. The first-order valence-corrected chi connectivity index (χ1v) is 12.9. The van der Waals surface area contributed by atoms with Crippen LogP contribution in [0.2, 0.25) is 20.1 Å². The number of carbonyl (C=O) groups is 2. The minimum atomic E-state index is -1.67. The van der Waals surface area contributed by atoms with Crippen LogP contribution in [0.25, 0.3) is 0 Å². The van der Waals surface area contributed by atoms with E-state index >= 15 is 0 Å². The van der Waals surface area contributed by atoms with E-state index in [0.29, 0.717) is 31.6 Å². The van der Waals surface area contributed by atoms with Crippen molar-refractivity contribution < 1.29 is 36.8 Å². The number of rotatable bonds is 6. The highest BCUT2D eigenvalue weighted by Crippen LogP contribution is 2.28. The lowest BCUT2D eigenvalue weighted by Gasteiger charge is -2.04. The Hall–Kier alpha value is -0.530. The summed E-state index contributed by atoms with van der Waals surface area (Å²) in [6, 6.07) is 9.29. The second kappa shape index (κ2) is 22.9. The van der Waals surface area contributed by atoms with E-state index in [9.17, 15) is 9.59 Å². The molecule has 18 heteroatoms. The van der Waals surface area contributed by atoms with Crippen molar-refractivity contribution in [2.24, 2.45) is 0 Å². The highest BCUT2D eigenvalue weighted by molar-refractivity contribution is 8.26. The average Bonchev–Trinajstić information content (AvgIpc) is 2.67. The third-order valence-electron chi connectivity index (χ3n) is 2.48. The molecule has 34 heavy (non-hydrogen) atoms. The molecule has 0 bridgehead atoms. The molecule has 0 radical (unpaired) electrons. The normalized spacial score (nSPS) is 8.82. The summed E-state index contributed by atoms with van der Waals surface area (Å²) < 4.78 is 35.5. The summed E-state index contributed by atoms with van der Waals surface area (Å²) in [6.45, 7) is -0.621. The molecule has 0 saturated carbocycles. The lowest BCUT2D eigenvalue weighted by Crippen LogP contribution is -2.09. The SMILES string of the molecule is Cl.O=C(Cl)COc1ccc(Cl)cc1Cl.O=C(O)COc1ccc(Cl)cc1Cl.O=S(Cl)Cl.O=S=O. The molecular weight excluding hydrogens is 668 g/mol. The van der Waals surface area contributed by atoms with Crippen LogP contribution in [-0.2, 0) is 30.4 Å². The molecule has 2 aromatic rings. The van der Waals surface area contributed by atoms with E-state index in [1.165, 1.54) is 18.2 Å². The highest BCUT2D eigenvalue weighted by atomic mass is 36.0. The van der Waals surface area contributed by atoms with Gasteiger partial charge in [0.1, 0.15) is 11.5 Å². The first-order chi connectivity index (χ1) is 15.3. The summed E-state index contributed by atoms with van der Waals surface area (Å²) in [5, 5.41) is 9.39. The van der Waals surface area contributed by atoms with Crippen LogP contribution in [0.4, 0.5) is 0 Å². The molecule has 2 aromatic carbocycles. The Morgan fingerprint density at radius 1 is 0.853 bits per heavy atom. The predicted molar refractivity (Wildman–Crippen MR) is 138 cm³/mol. The van der Waals surface area contributed by atoms with Crippen LogP contribution in [0.5, 0.6) is 11.5 Å². The second-order valence-corrected chi connectivity index (χ2v) is 9.50. The van der Waals surface area contributed by atoms with E-state index in [1.807, 2.05) is 0 Å². The third-order valence-corrected chi connectivity index (χ3v) is 3.65. The number of carboxylic acids is 1. The van der Waals surface area contributed by atoms with Crippen LogP contribution >= 0.6 is 91.8 Å². The van der Waals surface area contributed by atoms with Crippen LogP contribution in [-0.4, -0.2) is 42.2 Å². The lowest BCUT2D eigenvalue weighted by atomic mass is 10.3. The maximum atomic E-state index is 10.4. The van der Waals surface area contributed by atoms with Crippen molar-refractivity contribution >= 4 is 124 Å². The summed E-state index contributed by atoms with van der Waals surface area (Å²) in [4.78, 5) is 20.5. The van der Waals surface area contributed by atoms with Gasteiger partial charge < -0.3 is 14.6 Å². The zero-order valence-electron chi connectivity index (χ0n) is 16.1. The van der Waals surface area contributed by atoms with Gasteiger partial charge in [0.05, 0.1) is 10.0 Å². The van der Waals surface area contributed by atoms with Crippen LogP contribution in [0, 0.1) is 0 Å². The zero-order chi connectivity index (χ0) is 26.0. The molecule has 2 rings (SSSR count). The smallest absolute Gasteiger partial charge is 0.341 e. The monoisotopic (exact) mass is 676 g/mol. The summed E-state index contributed by atoms with van der Waals surface area (Å²) in [6.07, 6.45) is 0. The first-order valence-electron chi connectivity index (χ1n) is 7.55. The van der Waals surface area contributed by atoms with Crippen LogP contribution in [0.3, 0.4) is 0 Å². The van der Waals surface area contributed by atoms with Gasteiger partial charge >= 0.3 is 17.5 Å². The lowest BCUT2D eigenvalue weighted by molar-refractivity contribution is -0.139. The third kappa shape index (κ3) is 23.2. The number of carbonyl (C=O) groups excluding carboxylic acids is 1. The van der Waals surface area contributed by atoms with E-state index in [4.69, 9.17) is 85.2 Å². The first kappa shape index (κ1) is 38.0. The Bertz CT molecular complexity index is 905. The maximum absolute atomic E-state index is 10.4. The molecule has 192 valence electrons. The van der Waals surface area contributed by atoms with Gasteiger partial charge in [0.2, 0.25) is 9.23 Å². The number of ether oxygens (including phenoxy) is 2. The second-order valence-electron chi connectivity index (χ2n) is 4.73. The molecule has 0 aliphatic rings. The van der Waals surface area contributed by atoms with E-state index in [1.54, 1.807) is 18.2 Å². The van der Waals surface area contributed by atoms with Gasteiger partial charge in [-0.3, -0.25) is 4.79 Å². The fraction of sp³-hybridized carbons (Fsp3) is 0.125. The van der Waals surface area contributed by atoms with E-state index in [2.05, 4.69) is 21.4 Å².